The SMILES string of the molecule is CC1CCC(COc2c(F)cc(C(=O)Oc3ccc(C#N)cc3)c(F)c2F)CC1. The monoisotopic (exact) mass is 403 g/mol. The molecule has 0 aliphatic heterocycles. The smallest absolute Gasteiger partial charge is 0.346 e. The maximum atomic E-state index is 14.4. The van der Waals surface area contributed by atoms with Crippen LogP contribution in [0.15, 0.2) is 30.3 Å². The molecule has 4 nitrogen and oxygen atoms in total. The summed E-state index contributed by atoms with van der Waals surface area (Å²) in [6.07, 6.45) is 3.82. The third-order valence-electron chi connectivity index (χ3n) is 5.13. The van der Waals surface area contributed by atoms with Crippen LogP contribution < -0.4 is 9.47 Å². The Balaban J connectivity index is 1.72. The molecule has 1 aliphatic rings. The van der Waals surface area contributed by atoms with Crippen LogP contribution in [0.1, 0.15) is 48.5 Å². The minimum Gasteiger partial charge on any atom is -0.487 e. The van der Waals surface area contributed by atoms with Crippen LogP contribution in [0.25, 0.3) is 0 Å². The van der Waals surface area contributed by atoms with Gasteiger partial charge in [-0.05, 0) is 55.0 Å². The van der Waals surface area contributed by atoms with Gasteiger partial charge in [0.25, 0.3) is 0 Å². The molecule has 29 heavy (non-hydrogen) atoms. The molecule has 0 radical (unpaired) electrons. The Morgan fingerprint density at radius 2 is 1.76 bits per heavy atom. The fourth-order valence-electron chi connectivity index (χ4n) is 3.32. The summed E-state index contributed by atoms with van der Waals surface area (Å²) in [4.78, 5) is 12.1. The lowest BCUT2D eigenvalue weighted by molar-refractivity contribution is 0.0727. The van der Waals surface area contributed by atoms with Crippen LogP contribution in [0.2, 0.25) is 0 Å². The minimum absolute atomic E-state index is 0.0149. The Morgan fingerprint density at radius 3 is 2.38 bits per heavy atom. The molecule has 1 aliphatic carbocycles. The first-order valence-electron chi connectivity index (χ1n) is 9.41. The summed E-state index contributed by atoms with van der Waals surface area (Å²) in [6, 6.07) is 7.90. The summed E-state index contributed by atoms with van der Waals surface area (Å²) >= 11 is 0. The molecule has 0 N–H and O–H groups in total. The van der Waals surface area contributed by atoms with Crippen LogP contribution in [0.4, 0.5) is 13.2 Å². The highest BCUT2D eigenvalue weighted by atomic mass is 19.2. The van der Waals surface area contributed by atoms with Gasteiger partial charge in [0.1, 0.15) is 11.3 Å². The lowest BCUT2D eigenvalue weighted by Gasteiger charge is -2.26. The fraction of sp³-hybridized carbons (Fsp3) is 0.364. The van der Waals surface area contributed by atoms with E-state index >= 15 is 0 Å². The minimum atomic E-state index is -1.55. The van der Waals surface area contributed by atoms with E-state index in [-0.39, 0.29) is 18.3 Å². The van der Waals surface area contributed by atoms with E-state index in [0.717, 1.165) is 25.7 Å². The molecule has 2 aromatic rings. The number of ether oxygens (including phenoxy) is 2. The zero-order valence-electron chi connectivity index (χ0n) is 15.9. The number of hydrogen-bond donors (Lipinski definition) is 0. The molecule has 152 valence electrons. The van der Waals surface area contributed by atoms with E-state index in [4.69, 9.17) is 14.7 Å². The Kier molecular flexibility index (Phi) is 6.42. The average Bonchev–Trinajstić information content (AvgIpc) is 2.72. The molecule has 0 saturated heterocycles. The van der Waals surface area contributed by atoms with Gasteiger partial charge in [-0.3, -0.25) is 0 Å². The standard InChI is InChI=1S/C22H20F3NO3/c1-13-2-4-15(5-3-13)12-28-21-18(23)10-17(19(24)20(21)25)22(27)29-16-8-6-14(11-26)7-9-16/h6-10,13,15H,2-5,12H2,1H3. The van der Waals surface area contributed by atoms with Gasteiger partial charge in [-0.15, -0.1) is 0 Å². The van der Waals surface area contributed by atoms with Crippen LogP contribution >= 0.6 is 0 Å². The van der Waals surface area contributed by atoms with E-state index in [1.807, 2.05) is 6.07 Å². The number of rotatable bonds is 5. The summed E-state index contributed by atoms with van der Waals surface area (Å²) in [5.74, 6) is -5.53. The molecule has 0 aromatic heterocycles. The first-order valence-corrected chi connectivity index (χ1v) is 9.41. The number of nitriles is 1. The fourth-order valence-corrected chi connectivity index (χ4v) is 3.32. The third kappa shape index (κ3) is 4.89. The largest absolute Gasteiger partial charge is 0.487 e. The highest BCUT2D eigenvalue weighted by Gasteiger charge is 2.26. The summed E-state index contributed by atoms with van der Waals surface area (Å²) in [5.41, 5.74) is -0.537. The van der Waals surface area contributed by atoms with Gasteiger partial charge in [0.15, 0.2) is 17.4 Å². The second-order valence-electron chi connectivity index (χ2n) is 7.33. The van der Waals surface area contributed by atoms with Gasteiger partial charge in [0.2, 0.25) is 5.82 Å². The number of carbonyl (C=O) groups excluding carboxylic acids is 1. The maximum Gasteiger partial charge on any atom is 0.346 e. The van der Waals surface area contributed by atoms with Gasteiger partial charge in [-0.25, -0.2) is 13.6 Å². The highest BCUT2D eigenvalue weighted by molar-refractivity contribution is 5.91. The molecule has 3 rings (SSSR count). The van der Waals surface area contributed by atoms with Crippen LogP contribution in [-0.4, -0.2) is 12.6 Å². The van der Waals surface area contributed by atoms with Crippen molar-refractivity contribution in [3.05, 3.63) is 58.9 Å². The summed E-state index contributed by atoms with van der Waals surface area (Å²) in [6.45, 7) is 2.25. The molecule has 2 aromatic carbocycles. The topological polar surface area (TPSA) is 59.3 Å². The van der Waals surface area contributed by atoms with Gasteiger partial charge < -0.3 is 9.47 Å². The Labute approximate surface area is 166 Å². The van der Waals surface area contributed by atoms with Crippen molar-refractivity contribution in [1.29, 1.82) is 5.26 Å². The van der Waals surface area contributed by atoms with Gasteiger partial charge in [0.05, 0.1) is 18.2 Å². The molecule has 0 atom stereocenters. The Bertz CT molecular complexity index is 930. The lowest BCUT2D eigenvalue weighted by atomic mass is 9.83. The number of hydrogen-bond acceptors (Lipinski definition) is 4. The molecular weight excluding hydrogens is 383 g/mol. The number of halogens is 3. The zero-order valence-corrected chi connectivity index (χ0v) is 15.9. The average molecular weight is 403 g/mol. The van der Waals surface area contributed by atoms with Gasteiger partial charge in [0, 0.05) is 0 Å². The van der Waals surface area contributed by atoms with Crippen molar-refractivity contribution in [3.8, 4) is 17.6 Å². The molecule has 0 amide bonds. The highest BCUT2D eigenvalue weighted by Crippen LogP contribution is 2.31. The lowest BCUT2D eigenvalue weighted by Crippen LogP contribution is -2.20. The second kappa shape index (κ2) is 8.99. The van der Waals surface area contributed by atoms with Crippen molar-refractivity contribution >= 4 is 5.97 Å². The van der Waals surface area contributed by atoms with Crippen molar-refractivity contribution in [2.45, 2.75) is 32.6 Å². The summed E-state index contributed by atoms with van der Waals surface area (Å²) in [7, 11) is 0. The normalized spacial score (nSPS) is 18.7. The number of esters is 1. The first kappa shape index (κ1) is 20.7. The van der Waals surface area contributed by atoms with E-state index in [2.05, 4.69) is 6.92 Å². The number of benzene rings is 2. The van der Waals surface area contributed by atoms with Crippen LogP contribution in [-0.2, 0) is 0 Å². The van der Waals surface area contributed by atoms with E-state index < -0.39 is 34.7 Å². The van der Waals surface area contributed by atoms with E-state index in [1.54, 1.807) is 0 Å². The molecule has 1 fully saturated rings. The summed E-state index contributed by atoms with van der Waals surface area (Å²) in [5, 5.41) is 8.75. The predicted molar refractivity (Wildman–Crippen MR) is 99.0 cm³/mol. The zero-order chi connectivity index (χ0) is 21.0. The van der Waals surface area contributed by atoms with Gasteiger partial charge in [-0.1, -0.05) is 19.8 Å². The van der Waals surface area contributed by atoms with Crippen molar-refractivity contribution in [3.63, 3.8) is 0 Å². The Hall–Kier alpha value is -3.01. The quantitative estimate of drug-likeness (QED) is 0.381. The molecule has 0 heterocycles. The van der Waals surface area contributed by atoms with Crippen LogP contribution in [0.3, 0.4) is 0 Å². The summed E-state index contributed by atoms with van der Waals surface area (Å²) < 4.78 is 53.2. The van der Waals surface area contributed by atoms with Crippen molar-refractivity contribution in [2.75, 3.05) is 6.61 Å². The number of nitrogens with zero attached hydrogens (tertiary/aromatic N) is 1. The van der Waals surface area contributed by atoms with E-state index in [9.17, 15) is 18.0 Å². The van der Waals surface area contributed by atoms with E-state index in [1.165, 1.54) is 24.3 Å². The van der Waals surface area contributed by atoms with Gasteiger partial charge >= 0.3 is 5.97 Å². The van der Waals surface area contributed by atoms with Crippen LogP contribution in [0, 0.1) is 40.6 Å². The molecule has 0 bridgehead atoms. The Morgan fingerprint density at radius 1 is 1.10 bits per heavy atom. The van der Waals surface area contributed by atoms with Crippen molar-refractivity contribution in [1.82, 2.24) is 0 Å². The van der Waals surface area contributed by atoms with Crippen molar-refractivity contribution in [2.24, 2.45) is 11.8 Å². The molecule has 1 saturated carbocycles. The maximum absolute atomic E-state index is 14.4. The number of carbonyl (C=O) groups is 1. The molecule has 7 heteroatoms. The predicted octanol–water partition coefficient (Wildman–Crippen LogP) is 5.40. The molecule has 0 unspecified atom stereocenters. The second-order valence-corrected chi connectivity index (χ2v) is 7.33. The van der Waals surface area contributed by atoms with Crippen molar-refractivity contribution < 1.29 is 27.4 Å². The molecular formula is C22H20F3NO3. The first-order chi connectivity index (χ1) is 13.9. The molecule has 0 spiro atoms. The van der Waals surface area contributed by atoms with Gasteiger partial charge in [-0.2, -0.15) is 9.65 Å². The van der Waals surface area contributed by atoms with Crippen LogP contribution in [0.5, 0.6) is 11.5 Å². The third-order valence-corrected chi connectivity index (χ3v) is 5.13. The van der Waals surface area contributed by atoms with E-state index in [0.29, 0.717) is 17.5 Å².